The van der Waals surface area contributed by atoms with Crippen molar-refractivity contribution in [3.8, 4) is 22.6 Å². The number of benzene rings is 3. The Hall–Kier alpha value is -4.00. The van der Waals surface area contributed by atoms with E-state index in [1.54, 1.807) is 36.4 Å². The number of hydrogen-bond donors (Lipinski definition) is 4. The van der Waals surface area contributed by atoms with Crippen LogP contribution < -0.4 is 20.5 Å². The van der Waals surface area contributed by atoms with E-state index >= 15 is 0 Å². The first-order valence-corrected chi connectivity index (χ1v) is 9.19. The molecule has 0 saturated heterocycles. The molecule has 3 aromatic carbocycles. The molecule has 0 aliphatic heterocycles. The highest BCUT2D eigenvalue weighted by molar-refractivity contribution is 5.95. The molecule has 3 rings (SSSR count). The second-order valence-corrected chi connectivity index (χ2v) is 6.57. The Morgan fingerprint density at radius 2 is 1.60 bits per heavy atom. The molecule has 0 heterocycles. The van der Waals surface area contributed by atoms with E-state index in [-0.39, 0.29) is 5.84 Å². The third-order valence-electron chi connectivity index (χ3n) is 4.71. The van der Waals surface area contributed by atoms with Crippen LogP contribution in [0.2, 0.25) is 0 Å². The number of amidine groups is 1. The smallest absolute Gasteiger partial charge is 0.330 e. The van der Waals surface area contributed by atoms with Crippen molar-refractivity contribution in [2.24, 2.45) is 5.73 Å². The van der Waals surface area contributed by atoms with Crippen molar-refractivity contribution in [3.05, 3.63) is 77.9 Å². The highest BCUT2D eigenvalue weighted by atomic mass is 16.5. The molecule has 0 fully saturated rings. The van der Waals surface area contributed by atoms with E-state index in [2.05, 4.69) is 5.32 Å². The summed E-state index contributed by atoms with van der Waals surface area (Å²) >= 11 is 0. The molecular formula is C23H23N3O4. The average molecular weight is 405 g/mol. The number of anilines is 1. The van der Waals surface area contributed by atoms with Gasteiger partial charge in [-0.2, -0.15) is 0 Å². The lowest BCUT2D eigenvalue weighted by molar-refractivity contribution is -0.138. The molecule has 0 spiro atoms. The molecule has 5 N–H and O–H groups in total. The van der Waals surface area contributed by atoms with Crippen molar-refractivity contribution in [1.82, 2.24) is 0 Å². The van der Waals surface area contributed by atoms with Crippen molar-refractivity contribution in [2.45, 2.75) is 6.04 Å². The number of nitrogens with one attached hydrogen (secondary N) is 2. The lowest BCUT2D eigenvalue weighted by Gasteiger charge is -2.22. The zero-order valence-corrected chi connectivity index (χ0v) is 16.7. The van der Waals surface area contributed by atoms with Gasteiger partial charge in [-0.05, 0) is 53.1 Å². The molecule has 0 bridgehead atoms. The Morgan fingerprint density at radius 1 is 1.00 bits per heavy atom. The van der Waals surface area contributed by atoms with Crippen molar-refractivity contribution in [1.29, 1.82) is 5.41 Å². The molecule has 3 aromatic rings. The van der Waals surface area contributed by atoms with E-state index in [1.807, 2.05) is 30.3 Å². The van der Waals surface area contributed by atoms with Crippen molar-refractivity contribution >= 4 is 17.5 Å². The van der Waals surface area contributed by atoms with E-state index in [1.165, 1.54) is 14.2 Å². The average Bonchev–Trinajstić information content (AvgIpc) is 2.77. The molecule has 1 unspecified atom stereocenters. The maximum absolute atomic E-state index is 12.2. The summed E-state index contributed by atoms with van der Waals surface area (Å²) in [5.41, 5.74) is 8.74. The van der Waals surface area contributed by atoms with Crippen LogP contribution in [0.4, 0.5) is 5.69 Å². The predicted molar refractivity (Wildman–Crippen MR) is 116 cm³/mol. The predicted octanol–water partition coefficient (Wildman–Crippen LogP) is 3.89. The Morgan fingerprint density at radius 3 is 2.13 bits per heavy atom. The van der Waals surface area contributed by atoms with Crippen LogP contribution in [0.1, 0.15) is 17.2 Å². The molecule has 154 valence electrons. The second kappa shape index (κ2) is 9.00. The van der Waals surface area contributed by atoms with Gasteiger partial charge in [-0.1, -0.05) is 30.3 Å². The SMILES string of the molecule is COc1cc(-c2ccccc2)c(C(Nc2ccc(C(=N)N)cc2)C(=O)O)cc1OC. The number of ether oxygens (including phenoxy) is 2. The van der Waals surface area contributed by atoms with Gasteiger partial charge in [0.25, 0.3) is 0 Å². The molecule has 0 aliphatic rings. The normalized spacial score (nSPS) is 11.4. The Kier molecular flexibility index (Phi) is 6.22. The Balaban J connectivity index is 2.10. The lowest BCUT2D eigenvalue weighted by Crippen LogP contribution is -2.21. The van der Waals surface area contributed by atoms with E-state index in [4.69, 9.17) is 20.6 Å². The van der Waals surface area contributed by atoms with Gasteiger partial charge in [0, 0.05) is 11.3 Å². The molecule has 0 amide bonds. The first-order valence-electron chi connectivity index (χ1n) is 9.19. The number of carboxylic acids is 1. The third-order valence-corrected chi connectivity index (χ3v) is 4.71. The van der Waals surface area contributed by atoms with Crippen LogP contribution in [0.15, 0.2) is 66.7 Å². The Labute approximate surface area is 174 Å². The highest BCUT2D eigenvalue weighted by Crippen LogP contribution is 2.39. The van der Waals surface area contributed by atoms with Gasteiger partial charge < -0.3 is 25.6 Å². The first kappa shape index (κ1) is 20.7. The van der Waals surface area contributed by atoms with Crippen molar-refractivity contribution in [2.75, 3.05) is 19.5 Å². The molecule has 1 atom stereocenters. The van der Waals surface area contributed by atoms with Gasteiger partial charge >= 0.3 is 5.97 Å². The number of nitrogens with two attached hydrogens (primary N) is 1. The van der Waals surface area contributed by atoms with Gasteiger partial charge in [-0.15, -0.1) is 0 Å². The van der Waals surface area contributed by atoms with E-state index < -0.39 is 12.0 Å². The monoisotopic (exact) mass is 405 g/mol. The quantitative estimate of drug-likeness (QED) is 0.334. The minimum absolute atomic E-state index is 0.0532. The summed E-state index contributed by atoms with van der Waals surface area (Å²) in [4.78, 5) is 12.2. The zero-order valence-electron chi connectivity index (χ0n) is 16.7. The van der Waals surface area contributed by atoms with E-state index in [9.17, 15) is 9.90 Å². The van der Waals surface area contributed by atoms with Crippen LogP contribution in [-0.4, -0.2) is 31.1 Å². The summed E-state index contributed by atoms with van der Waals surface area (Å²) in [6.45, 7) is 0. The minimum Gasteiger partial charge on any atom is -0.493 e. The fourth-order valence-electron chi connectivity index (χ4n) is 3.19. The summed E-state index contributed by atoms with van der Waals surface area (Å²) in [6, 6.07) is 18.6. The number of nitrogen functional groups attached to an aromatic ring is 1. The summed E-state index contributed by atoms with van der Waals surface area (Å²) in [7, 11) is 3.04. The van der Waals surface area contributed by atoms with Crippen LogP contribution in [0, 0.1) is 5.41 Å². The molecule has 7 nitrogen and oxygen atoms in total. The highest BCUT2D eigenvalue weighted by Gasteiger charge is 2.26. The van der Waals surface area contributed by atoms with Crippen LogP contribution in [0.3, 0.4) is 0 Å². The topological polar surface area (TPSA) is 118 Å². The van der Waals surface area contributed by atoms with Gasteiger partial charge in [0.05, 0.1) is 14.2 Å². The number of carboxylic acid groups (broad SMARTS) is 1. The van der Waals surface area contributed by atoms with Crippen molar-refractivity contribution < 1.29 is 19.4 Å². The molecule has 0 aliphatic carbocycles. The Bertz CT molecular complexity index is 1050. The zero-order chi connectivity index (χ0) is 21.7. The molecule has 0 saturated carbocycles. The number of rotatable bonds is 8. The number of methoxy groups -OCH3 is 2. The van der Waals surface area contributed by atoms with Crippen LogP contribution in [-0.2, 0) is 4.79 Å². The third kappa shape index (κ3) is 4.35. The molecule has 0 aromatic heterocycles. The first-order chi connectivity index (χ1) is 14.4. The van der Waals surface area contributed by atoms with Crippen LogP contribution >= 0.6 is 0 Å². The fraction of sp³-hybridized carbons (Fsp3) is 0.130. The molecular weight excluding hydrogens is 382 g/mol. The van der Waals surface area contributed by atoms with Crippen LogP contribution in [0.5, 0.6) is 11.5 Å². The molecule has 7 heteroatoms. The minimum atomic E-state index is -1.05. The largest absolute Gasteiger partial charge is 0.493 e. The maximum Gasteiger partial charge on any atom is 0.330 e. The van der Waals surface area contributed by atoms with Gasteiger partial charge in [-0.25, -0.2) is 4.79 Å². The standard InChI is InChI=1S/C23H23N3O4/c1-29-19-12-17(14-6-4-3-5-7-14)18(13-20(19)30-2)21(23(27)28)26-16-10-8-15(9-11-16)22(24)25/h3-13,21,26H,1-2H3,(H3,24,25)(H,27,28). The molecule has 30 heavy (non-hydrogen) atoms. The fourth-order valence-corrected chi connectivity index (χ4v) is 3.19. The number of carbonyl (C=O) groups is 1. The van der Waals surface area contributed by atoms with Gasteiger partial charge in [0.1, 0.15) is 5.84 Å². The maximum atomic E-state index is 12.2. The van der Waals surface area contributed by atoms with E-state index in [0.717, 1.165) is 5.56 Å². The summed E-state index contributed by atoms with van der Waals surface area (Å²) in [5, 5.41) is 20.6. The summed E-state index contributed by atoms with van der Waals surface area (Å²) in [6.07, 6.45) is 0. The van der Waals surface area contributed by atoms with Crippen LogP contribution in [0.25, 0.3) is 11.1 Å². The van der Waals surface area contributed by atoms with Gasteiger partial charge in [-0.3, -0.25) is 5.41 Å². The summed E-state index contributed by atoms with van der Waals surface area (Å²) < 4.78 is 10.8. The summed E-state index contributed by atoms with van der Waals surface area (Å²) in [5.74, 6) is -0.153. The van der Waals surface area contributed by atoms with E-state index in [0.29, 0.717) is 33.9 Å². The number of aliphatic carboxylic acids is 1. The number of hydrogen-bond acceptors (Lipinski definition) is 5. The van der Waals surface area contributed by atoms with Crippen molar-refractivity contribution in [3.63, 3.8) is 0 Å². The second-order valence-electron chi connectivity index (χ2n) is 6.57. The van der Waals surface area contributed by atoms with Gasteiger partial charge in [0.15, 0.2) is 17.5 Å². The molecule has 0 radical (unpaired) electrons. The lowest BCUT2D eigenvalue weighted by atomic mass is 9.93. The van der Waals surface area contributed by atoms with Gasteiger partial charge in [0.2, 0.25) is 0 Å².